The summed E-state index contributed by atoms with van der Waals surface area (Å²) in [6.45, 7) is 2.61. The van der Waals surface area contributed by atoms with Gasteiger partial charge in [-0.1, -0.05) is 0 Å². The Bertz CT molecular complexity index is 1230. The van der Waals surface area contributed by atoms with Crippen molar-refractivity contribution in [3.05, 3.63) is 77.7 Å². The van der Waals surface area contributed by atoms with E-state index in [-0.39, 0.29) is 17.9 Å². The molecule has 4 heterocycles. The number of hydrogen-bond acceptors (Lipinski definition) is 4. The first-order valence-electron chi connectivity index (χ1n) is 9.33. The summed E-state index contributed by atoms with van der Waals surface area (Å²) in [5, 5.41) is 5.98. The van der Waals surface area contributed by atoms with E-state index < -0.39 is 0 Å². The number of amides is 2. The molecule has 0 fully saturated rings. The number of nitrogens with zero attached hydrogens (tertiary/aromatic N) is 3. The lowest BCUT2D eigenvalue weighted by molar-refractivity contribution is 0.0942. The van der Waals surface area contributed by atoms with E-state index in [1.165, 1.54) is 4.70 Å². The van der Waals surface area contributed by atoms with Crippen LogP contribution in [-0.2, 0) is 0 Å². The van der Waals surface area contributed by atoms with Gasteiger partial charge in [-0.2, -0.15) is 0 Å². The standard InChI is InChI=1S/C22H18N4O2S/c1-14-13-26(17-4-5-19-15(11-17)7-10-29-19)22(28)20-18(6-9-25(14)20)21(27)24-16-3-2-8-23-12-16/h2-12,14H,13H2,1H3,(H,24,27)/t14-/m0/s1. The van der Waals surface area contributed by atoms with Crippen molar-refractivity contribution in [2.24, 2.45) is 0 Å². The molecule has 1 aliphatic heterocycles. The molecule has 7 heteroatoms. The lowest BCUT2D eigenvalue weighted by atomic mass is 10.1. The minimum atomic E-state index is -0.317. The van der Waals surface area contributed by atoms with Gasteiger partial charge in [0.2, 0.25) is 0 Å². The number of aromatic nitrogens is 2. The first-order chi connectivity index (χ1) is 14.1. The fourth-order valence-electron chi connectivity index (χ4n) is 3.77. The second-order valence-corrected chi connectivity index (χ2v) is 8.04. The van der Waals surface area contributed by atoms with Crippen molar-refractivity contribution in [2.45, 2.75) is 13.0 Å². The highest BCUT2D eigenvalue weighted by Gasteiger charge is 2.34. The van der Waals surface area contributed by atoms with E-state index >= 15 is 0 Å². The van der Waals surface area contributed by atoms with Crippen molar-refractivity contribution in [2.75, 3.05) is 16.8 Å². The molecule has 29 heavy (non-hydrogen) atoms. The third-order valence-electron chi connectivity index (χ3n) is 5.20. The van der Waals surface area contributed by atoms with Gasteiger partial charge in [-0.3, -0.25) is 14.6 Å². The second kappa shape index (κ2) is 6.86. The zero-order valence-corrected chi connectivity index (χ0v) is 16.5. The summed E-state index contributed by atoms with van der Waals surface area (Å²) in [6.07, 6.45) is 5.03. The van der Waals surface area contributed by atoms with Gasteiger partial charge in [-0.05, 0) is 60.2 Å². The highest BCUT2D eigenvalue weighted by Crippen LogP contribution is 2.32. The maximum Gasteiger partial charge on any atom is 0.275 e. The minimum Gasteiger partial charge on any atom is -0.338 e. The first-order valence-corrected chi connectivity index (χ1v) is 10.2. The second-order valence-electron chi connectivity index (χ2n) is 7.09. The van der Waals surface area contributed by atoms with Gasteiger partial charge in [0.05, 0.1) is 17.4 Å². The average Bonchev–Trinajstić information content (AvgIpc) is 3.38. The van der Waals surface area contributed by atoms with E-state index in [9.17, 15) is 9.59 Å². The molecule has 4 aromatic rings. The smallest absolute Gasteiger partial charge is 0.275 e. The van der Waals surface area contributed by atoms with Crippen molar-refractivity contribution in [3.63, 3.8) is 0 Å². The summed E-state index contributed by atoms with van der Waals surface area (Å²) in [5.74, 6) is -0.485. The van der Waals surface area contributed by atoms with Crippen LogP contribution in [0.2, 0.25) is 0 Å². The largest absolute Gasteiger partial charge is 0.338 e. The van der Waals surface area contributed by atoms with Crippen LogP contribution in [0.3, 0.4) is 0 Å². The van der Waals surface area contributed by atoms with Gasteiger partial charge in [0.15, 0.2) is 0 Å². The number of pyridine rings is 1. The summed E-state index contributed by atoms with van der Waals surface area (Å²) in [4.78, 5) is 32.0. The molecule has 1 N–H and O–H groups in total. The van der Waals surface area contributed by atoms with Crippen LogP contribution < -0.4 is 10.2 Å². The van der Waals surface area contributed by atoms with Crippen molar-refractivity contribution in [3.8, 4) is 0 Å². The van der Waals surface area contributed by atoms with E-state index in [1.807, 2.05) is 34.3 Å². The van der Waals surface area contributed by atoms with Crippen LogP contribution in [0.1, 0.15) is 33.8 Å². The van der Waals surface area contributed by atoms with Gasteiger partial charge >= 0.3 is 0 Å². The zero-order valence-electron chi connectivity index (χ0n) is 15.7. The number of carbonyl (C=O) groups excluding carboxylic acids is 2. The van der Waals surface area contributed by atoms with Gasteiger partial charge in [0.1, 0.15) is 5.69 Å². The predicted molar refractivity (Wildman–Crippen MR) is 115 cm³/mol. The fourth-order valence-corrected chi connectivity index (χ4v) is 4.54. The van der Waals surface area contributed by atoms with Crippen LogP contribution in [0.25, 0.3) is 10.1 Å². The van der Waals surface area contributed by atoms with Crippen LogP contribution in [-0.4, -0.2) is 27.9 Å². The number of thiophene rings is 1. The van der Waals surface area contributed by atoms with Gasteiger partial charge in [-0.15, -0.1) is 11.3 Å². The molecule has 0 radical (unpaired) electrons. The van der Waals surface area contributed by atoms with E-state index in [0.29, 0.717) is 23.5 Å². The van der Waals surface area contributed by atoms with Crippen LogP contribution in [0, 0.1) is 0 Å². The average molecular weight is 402 g/mol. The molecule has 144 valence electrons. The van der Waals surface area contributed by atoms with E-state index in [2.05, 4.69) is 23.3 Å². The zero-order chi connectivity index (χ0) is 20.0. The molecule has 0 bridgehead atoms. The Morgan fingerprint density at radius 1 is 1.24 bits per heavy atom. The maximum atomic E-state index is 13.4. The number of anilines is 2. The van der Waals surface area contributed by atoms with Crippen LogP contribution in [0.15, 0.2) is 66.4 Å². The highest BCUT2D eigenvalue weighted by molar-refractivity contribution is 7.17. The number of rotatable bonds is 3. The molecule has 5 rings (SSSR count). The first kappa shape index (κ1) is 17.6. The number of hydrogen-bond donors (Lipinski definition) is 1. The molecule has 1 aromatic carbocycles. The van der Waals surface area contributed by atoms with Crippen LogP contribution >= 0.6 is 11.3 Å². The van der Waals surface area contributed by atoms with Crippen molar-refractivity contribution in [1.29, 1.82) is 0 Å². The Labute approximate surface area is 171 Å². The van der Waals surface area contributed by atoms with Gasteiger partial charge in [0, 0.05) is 35.4 Å². The molecule has 0 saturated heterocycles. The van der Waals surface area contributed by atoms with Crippen molar-refractivity contribution >= 4 is 44.6 Å². The third kappa shape index (κ3) is 3.00. The molecule has 6 nitrogen and oxygen atoms in total. The normalized spacial score (nSPS) is 16.1. The van der Waals surface area contributed by atoms with E-state index in [1.54, 1.807) is 46.8 Å². The Morgan fingerprint density at radius 2 is 2.14 bits per heavy atom. The predicted octanol–water partition coefficient (Wildman–Crippen LogP) is 4.57. The van der Waals surface area contributed by atoms with E-state index in [0.717, 1.165) is 11.1 Å². The Balaban J connectivity index is 1.51. The Morgan fingerprint density at radius 3 is 2.97 bits per heavy atom. The van der Waals surface area contributed by atoms with Gasteiger partial charge in [0.25, 0.3) is 11.8 Å². The Hall–Kier alpha value is -3.45. The lowest BCUT2D eigenvalue weighted by Gasteiger charge is -2.33. The summed E-state index contributed by atoms with van der Waals surface area (Å²) in [5.41, 5.74) is 2.22. The minimum absolute atomic E-state index is 0.0563. The molecule has 2 amide bonds. The topological polar surface area (TPSA) is 67.2 Å². The highest BCUT2D eigenvalue weighted by atomic mass is 32.1. The molecular weight excluding hydrogens is 384 g/mol. The van der Waals surface area contributed by atoms with Gasteiger partial charge in [-0.25, -0.2) is 0 Å². The third-order valence-corrected chi connectivity index (χ3v) is 6.09. The summed E-state index contributed by atoms with van der Waals surface area (Å²) < 4.78 is 3.08. The molecule has 0 saturated carbocycles. The molecule has 1 atom stereocenters. The fraction of sp³-hybridized carbons (Fsp3) is 0.136. The van der Waals surface area contributed by atoms with E-state index in [4.69, 9.17) is 0 Å². The number of benzene rings is 1. The quantitative estimate of drug-likeness (QED) is 0.546. The van der Waals surface area contributed by atoms with Crippen molar-refractivity contribution in [1.82, 2.24) is 9.55 Å². The van der Waals surface area contributed by atoms with Crippen molar-refractivity contribution < 1.29 is 9.59 Å². The number of nitrogens with one attached hydrogen (secondary N) is 1. The Kier molecular flexibility index (Phi) is 4.17. The number of fused-ring (bicyclic) bond motifs is 2. The molecule has 0 aliphatic carbocycles. The van der Waals surface area contributed by atoms with Crippen LogP contribution in [0.4, 0.5) is 11.4 Å². The molecular formula is C22H18N4O2S. The lowest BCUT2D eigenvalue weighted by Crippen LogP contribution is -2.43. The monoisotopic (exact) mass is 402 g/mol. The molecule has 0 unspecified atom stereocenters. The number of carbonyl (C=O) groups is 2. The molecule has 3 aromatic heterocycles. The SMILES string of the molecule is C[C@H]1CN(c2ccc3sccc3c2)C(=O)c2c(C(=O)Nc3cccnc3)ccn21. The molecule has 1 aliphatic rings. The summed E-state index contributed by atoms with van der Waals surface area (Å²) >= 11 is 1.68. The molecule has 0 spiro atoms. The maximum absolute atomic E-state index is 13.4. The summed E-state index contributed by atoms with van der Waals surface area (Å²) in [7, 11) is 0. The van der Waals surface area contributed by atoms with Gasteiger partial charge < -0.3 is 14.8 Å². The summed E-state index contributed by atoms with van der Waals surface area (Å²) in [6, 6.07) is 13.4. The van der Waals surface area contributed by atoms with Crippen LogP contribution in [0.5, 0.6) is 0 Å².